The minimum absolute atomic E-state index is 0.0412. The number of phenolic OH excluding ortho intramolecular Hbond substituents is 1. The Hall–Kier alpha value is -3.25. The lowest BCUT2D eigenvalue weighted by Crippen LogP contribution is -2.33. The Morgan fingerprint density at radius 1 is 1.10 bits per heavy atom. The molecule has 2 aromatic carbocycles. The molecule has 0 aliphatic carbocycles. The molecular weight excluding hydrogens is 396 g/mol. The number of nitrogens with zero attached hydrogens (tertiary/aromatic N) is 2. The average Bonchev–Trinajstić information content (AvgIpc) is 3.35. The van der Waals surface area contributed by atoms with Gasteiger partial charge in [0.15, 0.2) is 17.6 Å². The van der Waals surface area contributed by atoms with Crippen molar-refractivity contribution in [3.05, 3.63) is 71.4 Å². The highest BCUT2D eigenvalue weighted by molar-refractivity contribution is 7.13. The first-order valence-corrected chi connectivity index (χ1v) is 10.8. The maximum absolute atomic E-state index is 9.51. The second-order valence-corrected chi connectivity index (χ2v) is 8.34. The Balaban J connectivity index is 1.39. The van der Waals surface area contributed by atoms with Gasteiger partial charge >= 0.3 is 0 Å². The Morgan fingerprint density at radius 3 is 2.67 bits per heavy atom. The normalized spacial score (nSPS) is 15.3. The fourth-order valence-corrected chi connectivity index (χ4v) is 4.66. The SMILES string of the molecule is Cc1cc(-c2csc(-c3ccc(O)cc3)n2)c(C)n1CC1COc2ccccc2O1. The highest BCUT2D eigenvalue weighted by Crippen LogP contribution is 2.34. The van der Waals surface area contributed by atoms with Crippen molar-refractivity contribution in [3.8, 4) is 39.1 Å². The zero-order valence-corrected chi connectivity index (χ0v) is 17.6. The van der Waals surface area contributed by atoms with Crippen LogP contribution in [0.5, 0.6) is 17.2 Å². The summed E-state index contributed by atoms with van der Waals surface area (Å²) in [6.07, 6.45) is -0.0412. The van der Waals surface area contributed by atoms with Crippen LogP contribution in [-0.2, 0) is 6.54 Å². The summed E-state index contributed by atoms with van der Waals surface area (Å²) in [6, 6.07) is 17.1. The number of para-hydroxylation sites is 2. The number of aromatic nitrogens is 2. The van der Waals surface area contributed by atoms with Gasteiger partial charge in [-0.25, -0.2) is 4.98 Å². The number of thiazole rings is 1. The zero-order valence-electron chi connectivity index (χ0n) is 16.8. The van der Waals surface area contributed by atoms with Crippen LogP contribution in [0.4, 0.5) is 0 Å². The average molecular weight is 419 g/mol. The van der Waals surface area contributed by atoms with Gasteiger partial charge in [0.1, 0.15) is 17.4 Å². The minimum atomic E-state index is -0.0412. The number of aromatic hydroxyl groups is 1. The fraction of sp³-hybridized carbons (Fsp3) is 0.208. The van der Waals surface area contributed by atoms with Gasteiger partial charge in [0.2, 0.25) is 0 Å². The monoisotopic (exact) mass is 418 g/mol. The van der Waals surface area contributed by atoms with E-state index in [9.17, 15) is 5.11 Å². The summed E-state index contributed by atoms with van der Waals surface area (Å²) >= 11 is 1.61. The summed E-state index contributed by atoms with van der Waals surface area (Å²) in [5.74, 6) is 1.87. The number of benzene rings is 2. The van der Waals surface area contributed by atoms with Gasteiger partial charge in [0, 0.05) is 27.9 Å². The molecule has 4 aromatic rings. The molecule has 5 rings (SSSR count). The van der Waals surface area contributed by atoms with Crippen molar-refractivity contribution >= 4 is 11.3 Å². The first-order chi connectivity index (χ1) is 14.6. The van der Waals surface area contributed by atoms with Crippen LogP contribution in [0.15, 0.2) is 60.0 Å². The van der Waals surface area contributed by atoms with Crippen LogP contribution in [0.2, 0.25) is 0 Å². The molecule has 0 spiro atoms. The van der Waals surface area contributed by atoms with Gasteiger partial charge in [-0.2, -0.15) is 0 Å². The molecule has 0 fully saturated rings. The van der Waals surface area contributed by atoms with E-state index >= 15 is 0 Å². The molecule has 3 heterocycles. The maximum Gasteiger partial charge on any atom is 0.161 e. The van der Waals surface area contributed by atoms with Crippen molar-refractivity contribution in [1.29, 1.82) is 0 Å². The second kappa shape index (κ2) is 7.54. The Kier molecular flexibility index (Phi) is 4.71. The molecule has 1 atom stereocenters. The zero-order chi connectivity index (χ0) is 20.7. The molecule has 1 aliphatic heterocycles. The summed E-state index contributed by atoms with van der Waals surface area (Å²) in [6.45, 7) is 5.49. The van der Waals surface area contributed by atoms with E-state index in [4.69, 9.17) is 14.5 Å². The Labute approximate surface area is 179 Å². The fourth-order valence-electron chi connectivity index (χ4n) is 3.83. The highest BCUT2D eigenvalue weighted by Gasteiger charge is 2.23. The number of ether oxygens (including phenoxy) is 2. The Morgan fingerprint density at radius 2 is 1.87 bits per heavy atom. The molecule has 0 radical (unpaired) electrons. The summed E-state index contributed by atoms with van der Waals surface area (Å²) < 4.78 is 14.3. The number of fused-ring (bicyclic) bond motifs is 1. The van der Waals surface area contributed by atoms with Crippen molar-refractivity contribution in [1.82, 2.24) is 9.55 Å². The largest absolute Gasteiger partial charge is 0.508 e. The lowest BCUT2D eigenvalue weighted by atomic mass is 10.2. The predicted molar refractivity (Wildman–Crippen MR) is 118 cm³/mol. The number of hydrogen-bond acceptors (Lipinski definition) is 5. The van der Waals surface area contributed by atoms with Crippen molar-refractivity contribution < 1.29 is 14.6 Å². The molecule has 0 saturated carbocycles. The number of hydrogen-bond donors (Lipinski definition) is 1. The standard InChI is InChI=1S/C24H22N2O3S/c1-15-11-20(21-14-30-24(25-21)17-7-9-18(27)10-8-17)16(2)26(15)12-19-13-28-22-5-3-4-6-23(22)29-19/h3-11,14,19,27H,12-13H2,1-2H3. The van der Waals surface area contributed by atoms with E-state index < -0.39 is 0 Å². The van der Waals surface area contributed by atoms with E-state index in [1.165, 1.54) is 5.69 Å². The van der Waals surface area contributed by atoms with E-state index in [-0.39, 0.29) is 11.9 Å². The predicted octanol–water partition coefficient (Wildman–Crippen LogP) is 5.44. The van der Waals surface area contributed by atoms with E-state index in [0.717, 1.165) is 45.6 Å². The van der Waals surface area contributed by atoms with Gasteiger partial charge in [0.05, 0.1) is 12.2 Å². The minimum Gasteiger partial charge on any atom is -0.508 e. The molecule has 6 heteroatoms. The molecule has 1 unspecified atom stereocenters. The van der Waals surface area contributed by atoms with Crippen molar-refractivity contribution in [3.63, 3.8) is 0 Å². The van der Waals surface area contributed by atoms with E-state index in [2.05, 4.69) is 29.9 Å². The Bertz CT molecular complexity index is 1190. The van der Waals surface area contributed by atoms with Crippen LogP contribution in [0, 0.1) is 13.8 Å². The van der Waals surface area contributed by atoms with Gasteiger partial charge in [-0.15, -0.1) is 11.3 Å². The van der Waals surface area contributed by atoms with Crippen molar-refractivity contribution in [2.75, 3.05) is 6.61 Å². The molecule has 30 heavy (non-hydrogen) atoms. The number of aryl methyl sites for hydroxylation is 1. The summed E-state index contributed by atoms with van der Waals surface area (Å²) in [4.78, 5) is 4.84. The van der Waals surface area contributed by atoms with Crippen LogP contribution in [0.1, 0.15) is 11.4 Å². The first kappa shape index (κ1) is 18.8. The van der Waals surface area contributed by atoms with Gasteiger partial charge in [-0.1, -0.05) is 12.1 Å². The van der Waals surface area contributed by atoms with Gasteiger partial charge in [0.25, 0.3) is 0 Å². The van der Waals surface area contributed by atoms with Gasteiger partial charge in [-0.05, 0) is 56.3 Å². The molecular formula is C24H22N2O3S. The van der Waals surface area contributed by atoms with Crippen molar-refractivity contribution in [2.45, 2.75) is 26.5 Å². The van der Waals surface area contributed by atoms with E-state index in [1.54, 1.807) is 23.5 Å². The molecule has 0 bridgehead atoms. The molecule has 2 aromatic heterocycles. The number of rotatable bonds is 4. The molecule has 1 N–H and O–H groups in total. The lowest BCUT2D eigenvalue weighted by Gasteiger charge is -2.27. The second-order valence-electron chi connectivity index (χ2n) is 7.48. The van der Waals surface area contributed by atoms with Gasteiger partial charge < -0.3 is 19.1 Å². The topological polar surface area (TPSA) is 56.5 Å². The van der Waals surface area contributed by atoms with E-state index in [1.807, 2.05) is 36.4 Å². The molecule has 1 aliphatic rings. The maximum atomic E-state index is 9.51. The highest BCUT2D eigenvalue weighted by atomic mass is 32.1. The smallest absolute Gasteiger partial charge is 0.161 e. The molecule has 0 amide bonds. The van der Waals surface area contributed by atoms with Crippen LogP contribution in [-0.4, -0.2) is 27.4 Å². The summed E-state index contributed by atoms with van der Waals surface area (Å²) in [5, 5.41) is 12.5. The van der Waals surface area contributed by atoms with Crippen LogP contribution < -0.4 is 9.47 Å². The summed E-state index contributed by atoms with van der Waals surface area (Å²) in [7, 11) is 0. The van der Waals surface area contributed by atoms with Crippen molar-refractivity contribution in [2.24, 2.45) is 0 Å². The van der Waals surface area contributed by atoms with Crippen LogP contribution in [0.3, 0.4) is 0 Å². The van der Waals surface area contributed by atoms with E-state index in [0.29, 0.717) is 6.61 Å². The quantitative estimate of drug-likeness (QED) is 0.479. The third kappa shape index (κ3) is 3.44. The van der Waals surface area contributed by atoms with Gasteiger partial charge in [-0.3, -0.25) is 0 Å². The molecule has 5 nitrogen and oxygen atoms in total. The third-order valence-corrected chi connectivity index (χ3v) is 6.31. The first-order valence-electron chi connectivity index (χ1n) is 9.89. The third-order valence-electron chi connectivity index (χ3n) is 5.42. The molecule has 0 saturated heterocycles. The summed E-state index contributed by atoms with van der Waals surface area (Å²) in [5.41, 5.74) is 5.44. The number of phenols is 1. The lowest BCUT2D eigenvalue weighted by molar-refractivity contribution is 0.0778. The van der Waals surface area contributed by atoms with Crippen LogP contribution >= 0.6 is 11.3 Å². The molecule has 152 valence electrons. The van der Waals surface area contributed by atoms with Crippen LogP contribution in [0.25, 0.3) is 21.8 Å².